The smallest absolute Gasteiger partial charge is 0.191 e. The Hall–Kier alpha value is -1.82. The Kier molecular flexibility index (Phi) is 6.85. The van der Waals surface area contributed by atoms with Crippen LogP contribution in [0.3, 0.4) is 0 Å². The second-order valence-electron chi connectivity index (χ2n) is 6.46. The Morgan fingerprint density at radius 3 is 2.46 bits per heavy atom. The monoisotopic (exact) mass is 336 g/mol. The van der Waals surface area contributed by atoms with Crippen molar-refractivity contribution in [2.24, 2.45) is 4.99 Å². The summed E-state index contributed by atoms with van der Waals surface area (Å²) in [5, 5.41) is 6.61. The highest BCUT2D eigenvalue weighted by Crippen LogP contribution is 2.26. The fourth-order valence-corrected chi connectivity index (χ4v) is 2.48. The third-order valence-corrected chi connectivity index (χ3v) is 4.31. The van der Waals surface area contributed by atoms with Crippen LogP contribution >= 0.6 is 0 Å². The van der Waals surface area contributed by atoms with Crippen molar-refractivity contribution in [2.75, 3.05) is 27.2 Å². The van der Waals surface area contributed by atoms with Gasteiger partial charge in [-0.15, -0.1) is 0 Å². The van der Waals surface area contributed by atoms with E-state index < -0.39 is 0 Å². The SMILES string of the molecule is CN=C(NCC(C)Oc1ccc(F)cc1)NCC(C)N(C)C1CC1. The van der Waals surface area contributed by atoms with E-state index in [9.17, 15) is 4.39 Å². The maximum Gasteiger partial charge on any atom is 0.191 e. The normalized spacial score (nSPS) is 17.5. The zero-order valence-electron chi connectivity index (χ0n) is 15.1. The van der Waals surface area contributed by atoms with Crippen LogP contribution in [0.25, 0.3) is 0 Å². The van der Waals surface area contributed by atoms with Gasteiger partial charge in [0.1, 0.15) is 17.7 Å². The summed E-state index contributed by atoms with van der Waals surface area (Å²) in [5.74, 6) is 1.16. The molecule has 1 aliphatic carbocycles. The van der Waals surface area contributed by atoms with Crippen molar-refractivity contribution >= 4 is 5.96 Å². The first kappa shape index (κ1) is 18.5. The van der Waals surface area contributed by atoms with Gasteiger partial charge in [0.15, 0.2) is 5.96 Å². The van der Waals surface area contributed by atoms with Crippen LogP contribution in [0.15, 0.2) is 29.3 Å². The summed E-state index contributed by atoms with van der Waals surface area (Å²) >= 11 is 0. The molecule has 0 aliphatic heterocycles. The third-order valence-electron chi connectivity index (χ3n) is 4.31. The number of aliphatic imine (C=N–C) groups is 1. The van der Waals surface area contributed by atoms with E-state index in [0.29, 0.717) is 18.3 Å². The Morgan fingerprint density at radius 2 is 1.88 bits per heavy atom. The van der Waals surface area contributed by atoms with E-state index in [-0.39, 0.29) is 11.9 Å². The van der Waals surface area contributed by atoms with Crippen molar-refractivity contribution in [3.63, 3.8) is 0 Å². The van der Waals surface area contributed by atoms with Crippen LogP contribution < -0.4 is 15.4 Å². The van der Waals surface area contributed by atoms with Gasteiger partial charge < -0.3 is 15.4 Å². The van der Waals surface area contributed by atoms with Crippen LogP contribution in [-0.2, 0) is 0 Å². The molecule has 1 aromatic carbocycles. The largest absolute Gasteiger partial charge is 0.489 e. The maximum absolute atomic E-state index is 12.9. The van der Waals surface area contributed by atoms with Crippen molar-refractivity contribution < 1.29 is 9.13 Å². The molecule has 1 aliphatic rings. The minimum absolute atomic E-state index is 0.0550. The van der Waals surface area contributed by atoms with Gasteiger partial charge >= 0.3 is 0 Å². The Labute approximate surface area is 144 Å². The predicted octanol–water partition coefficient (Wildman–Crippen LogP) is 2.24. The number of ether oxygens (including phenoxy) is 1. The highest BCUT2D eigenvalue weighted by atomic mass is 19.1. The van der Waals surface area contributed by atoms with E-state index >= 15 is 0 Å². The molecule has 2 atom stereocenters. The predicted molar refractivity (Wildman–Crippen MR) is 96.1 cm³/mol. The van der Waals surface area contributed by atoms with E-state index in [4.69, 9.17) is 4.74 Å². The number of guanidine groups is 1. The first-order chi connectivity index (χ1) is 11.5. The number of halogens is 1. The zero-order valence-corrected chi connectivity index (χ0v) is 15.1. The molecule has 0 amide bonds. The van der Waals surface area contributed by atoms with E-state index in [1.54, 1.807) is 19.2 Å². The first-order valence-corrected chi connectivity index (χ1v) is 8.58. The lowest BCUT2D eigenvalue weighted by Crippen LogP contribution is -2.47. The Morgan fingerprint density at radius 1 is 1.25 bits per heavy atom. The molecule has 1 fully saturated rings. The number of hydrogen-bond acceptors (Lipinski definition) is 3. The lowest BCUT2D eigenvalue weighted by molar-refractivity contribution is 0.223. The van der Waals surface area contributed by atoms with Gasteiger partial charge in [-0.1, -0.05) is 0 Å². The minimum atomic E-state index is -0.261. The van der Waals surface area contributed by atoms with E-state index in [1.807, 2.05) is 6.92 Å². The van der Waals surface area contributed by atoms with E-state index in [1.165, 1.54) is 25.0 Å². The van der Waals surface area contributed by atoms with Gasteiger partial charge in [-0.3, -0.25) is 9.89 Å². The Bertz CT molecular complexity index is 530. The Balaban J connectivity index is 1.69. The maximum atomic E-state index is 12.9. The summed E-state index contributed by atoms with van der Waals surface area (Å²) in [7, 11) is 3.94. The molecule has 0 saturated heterocycles. The average molecular weight is 336 g/mol. The van der Waals surface area contributed by atoms with Gasteiger partial charge in [-0.05, 0) is 58.0 Å². The van der Waals surface area contributed by atoms with Crippen molar-refractivity contribution in [1.29, 1.82) is 0 Å². The van der Waals surface area contributed by atoms with E-state index in [0.717, 1.165) is 18.5 Å². The highest BCUT2D eigenvalue weighted by molar-refractivity contribution is 5.79. The molecule has 2 N–H and O–H groups in total. The van der Waals surface area contributed by atoms with E-state index in [2.05, 4.69) is 34.5 Å². The molecule has 134 valence electrons. The molecule has 0 heterocycles. The number of hydrogen-bond donors (Lipinski definition) is 2. The summed E-state index contributed by atoms with van der Waals surface area (Å²) in [6, 6.07) is 7.27. The number of rotatable bonds is 8. The highest BCUT2D eigenvalue weighted by Gasteiger charge is 2.28. The molecule has 24 heavy (non-hydrogen) atoms. The number of likely N-dealkylation sites (N-methyl/N-ethyl adjacent to an activating group) is 1. The number of benzene rings is 1. The van der Waals surface area contributed by atoms with Crippen LogP contribution in [0, 0.1) is 5.82 Å². The van der Waals surface area contributed by atoms with Gasteiger partial charge in [-0.2, -0.15) is 0 Å². The van der Waals surface area contributed by atoms with Gasteiger partial charge in [0, 0.05) is 25.7 Å². The molecule has 0 aromatic heterocycles. The van der Waals surface area contributed by atoms with Crippen molar-refractivity contribution in [3.8, 4) is 5.75 Å². The summed E-state index contributed by atoms with van der Waals surface area (Å²) in [4.78, 5) is 6.66. The summed E-state index contributed by atoms with van der Waals surface area (Å²) < 4.78 is 18.6. The number of nitrogens with zero attached hydrogens (tertiary/aromatic N) is 2. The zero-order chi connectivity index (χ0) is 17.5. The molecule has 2 rings (SSSR count). The van der Waals surface area contributed by atoms with Crippen molar-refractivity contribution in [2.45, 2.75) is 44.9 Å². The van der Waals surface area contributed by atoms with Gasteiger partial charge in [0.2, 0.25) is 0 Å². The summed E-state index contributed by atoms with van der Waals surface area (Å²) in [6.45, 7) is 5.65. The molecular formula is C18H29FN4O. The fourth-order valence-electron chi connectivity index (χ4n) is 2.48. The second-order valence-corrected chi connectivity index (χ2v) is 6.46. The molecule has 1 saturated carbocycles. The second kappa shape index (κ2) is 8.87. The molecule has 0 bridgehead atoms. The van der Waals surface area contributed by atoms with Crippen molar-refractivity contribution in [3.05, 3.63) is 30.1 Å². The minimum Gasteiger partial charge on any atom is -0.489 e. The quantitative estimate of drug-likeness (QED) is 0.565. The third kappa shape index (κ3) is 6.00. The summed E-state index contributed by atoms with van der Waals surface area (Å²) in [5.41, 5.74) is 0. The van der Waals surface area contributed by atoms with Gasteiger partial charge in [-0.25, -0.2) is 4.39 Å². The van der Waals surface area contributed by atoms with Crippen LogP contribution in [0.5, 0.6) is 5.75 Å². The first-order valence-electron chi connectivity index (χ1n) is 8.58. The fraction of sp³-hybridized carbons (Fsp3) is 0.611. The van der Waals surface area contributed by atoms with Crippen LogP contribution in [-0.4, -0.2) is 56.2 Å². The molecule has 0 spiro atoms. The van der Waals surface area contributed by atoms with Gasteiger partial charge in [0.05, 0.1) is 6.54 Å². The topological polar surface area (TPSA) is 48.9 Å². The van der Waals surface area contributed by atoms with Crippen LogP contribution in [0.4, 0.5) is 4.39 Å². The lowest BCUT2D eigenvalue weighted by atomic mass is 10.3. The molecule has 2 unspecified atom stereocenters. The van der Waals surface area contributed by atoms with Crippen LogP contribution in [0.2, 0.25) is 0 Å². The lowest BCUT2D eigenvalue weighted by Gasteiger charge is -2.25. The molecular weight excluding hydrogens is 307 g/mol. The summed E-state index contributed by atoms with van der Waals surface area (Å²) in [6.07, 6.45) is 2.57. The van der Waals surface area contributed by atoms with Gasteiger partial charge in [0.25, 0.3) is 0 Å². The average Bonchev–Trinajstić information content (AvgIpc) is 3.41. The molecule has 5 nitrogen and oxygen atoms in total. The van der Waals surface area contributed by atoms with Crippen LogP contribution in [0.1, 0.15) is 26.7 Å². The molecule has 6 heteroatoms. The molecule has 1 aromatic rings. The number of nitrogens with one attached hydrogen (secondary N) is 2. The van der Waals surface area contributed by atoms with Crippen molar-refractivity contribution in [1.82, 2.24) is 15.5 Å². The standard InChI is InChI=1S/C18H29FN4O/c1-13(23(4)16-7-8-16)11-21-18(20-3)22-12-14(2)24-17-9-5-15(19)6-10-17/h5-6,9-10,13-14,16H,7-8,11-12H2,1-4H3,(H2,20,21,22). The molecule has 0 radical (unpaired) electrons.